The molecule has 150 valence electrons. The number of hydrogen-bond acceptors (Lipinski definition) is 5. The summed E-state index contributed by atoms with van der Waals surface area (Å²) in [5.74, 6) is -0.111. The van der Waals surface area contributed by atoms with E-state index in [1.54, 1.807) is 6.08 Å². The van der Waals surface area contributed by atoms with Gasteiger partial charge >= 0.3 is 5.97 Å². The zero-order valence-electron chi connectivity index (χ0n) is 15.8. The standard InChI is InChI=1S/C21H26N2O4S/c24-19(22-17-9-5-2-6-10-17)13-27-21(26)18-14-28-15-23(18)20(25)12-11-16-7-3-1-4-8-16/h1,3-4,7-8,11-12,17-18H,2,5-6,9-10,13-15H2,(H,22,24). The second-order valence-corrected chi connectivity index (χ2v) is 8.08. The van der Waals surface area contributed by atoms with E-state index >= 15 is 0 Å². The third kappa shape index (κ3) is 5.86. The number of nitrogens with zero attached hydrogens (tertiary/aromatic N) is 1. The van der Waals surface area contributed by atoms with Crippen molar-refractivity contribution in [3.05, 3.63) is 42.0 Å². The fourth-order valence-electron chi connectivity index (χ4n) is 3.43. The number of hydrogen-bond donors (Lipinski definition) is 1. The molecule has 0 bridgehead atoms. The highest BCUT2D eigenvalue weighted by Crippen LogP contribution is 2.22. The van der Waals surface area contributed by atoms with Crippen LogP contribution in [0.5, 0.6) is 0 Å². The van der Waals surface area contributed by atoms with Gasteiger partial charge in [0.1, 0.15) is 6.04 Å². The number of nitrogens with one attached hydrogen (secondary N) is 1. The minimum Gasteiger partial charge on any atom is -0.454 e. The van der Waals surface area contributed by atoms with Crippen LogP contribution in [0.2, 0.25) is 0 Å². The largest absolute Gasteiger partial charge is 0.454 e. The predicted molar refractivity (Wildman–Crippen MR) is 109 cm³/mol. The molecule has 0 spiro atoms. The molecule has 1 aliphatic heterocycles. The highest BCUT2D eigenvalue weighted by Gasteiger charge is 2.35. The lowest BCUT2D eigenvalue weighted by Crippen LogP contribution is -2.44. The molecule has 1 aromatic rings. The van der Waals surface area contributed by atoms with Crippen LogP contribution in [0.3, 0.4) is 0 Å². The minimum absolute atomic E-state index is 0.184. The summed E-state index contributed by atoms with van der Waals surface area (Å²) in [6.45, 7) is -0.293. The Balaban J connectivity index is 1.47. The van der Waals surface area contributed by atoms with Crippen LogP contribution in [0, 0.1) is 0 Å². The first-order valence-corrected chi connectivity index (χ1v) is 10.9. The summed E-state index contributed by atoms with van der Waals surface area (Å²) in [6, 6.07) is 9.04. The van der Waals surface area contributed by atoms with Crippen molar-refractivity contribution < 1.29 is 19.1 Å². The number of carbonyl (C=O) groups is 3. The summed E-state index contributed by atoms with van der Waals surface area (Å²) in [5, 5.41) is 2.92. The van der Waals surface area contributed by atoms with E-state index in [0.717, 1.165) is 31.2 Å². The SMILES string of the molecule is O=C(COC(=O)C1CSCN1C(=O)C=Cc1ccccc1)NC1CCCCC1. The molecule has 1 aliphatic carbocycles. The van der Waals surface area contributed by atoms with Gasteiger partial charge in [0.15, 0.2) is 6.61 Å². The van der Waals surface area contributed by atoms with E-state index in [-0.39, 0.29) is 24.5 Å². The van der Waals surface area contributed by atoms with Crippen molar-refractivity contribution in [3.63, 3.8) is 0 Å². The first kappa shape index (κ1) is 20.5. The fraction of sp³-hybridized carbons (Fsp3) is 0.476. The third-order valence-electron chi connectivity index (χ3n) is 4.97. The predicted octanol–water partition coefficient (Wildman–Crippen LogP) is 2.59. The molecule has 7 heteroatoms. The van der Waals surface area contributed by atoms with Crippen molar-refractivity contribution in [1.82, 2.24) is 10.2 Å². The summed E-state index contributed by atoms with van der Waals surface area (Å²) < 4.78 is 5.19. The Bertz CT molecular complexity index is 716. The number of rotatable bonds is 6. The van der Waals surface area contributed by atoms with Crippen molar-refractivity contribution in [2.45, 2.75) is 44.2 Å². The van der Waals surface area contributed by atoms with Crippen LogP contribution < -0.4 is 5.32 Å². The third-order valence-corrected chi connectivity index (χ3v) is 5.98. The van der Waals surface area contributed by atoms with Gasteiger partial charge in [-0.05, 0) is 24.5 Å². The van der Waals surface area contributed by atoms with Crippen molar-refractivity contribution in [1.29, 1.82) is 0 Å². The zero-order valence-corrected chi connectivity index (χ0v) is 16.7. The number of benzene rings is 1. The van der Waals surface area contributed by atoms with Crippen LogP contribution >= 0.6 is 11.8 Å². The van der Waals surface area contributed by atoms with E-state index in [1.165, 1.54) is 29.2 Å². The molecule has 0 radical (unpaired) electrons. The molecule has 1 atom stereocenters. The van der Waals surface area contributed by atoms with E-state index in [1.807, 2.05) is 30.3 Å². The average Bonchev–Trinajstić information content (AvgIpc) is 3.22. The van der Waals surface area contributed by atoms with Gasteiger partial charge in [0.2, 0.25) is 5.91 Å². The van der Waals surface area contributed by atoms with Gasteiger partial charge in [0.25, 0.3) is 5.91 Å². The van der Waals surface area contributed by atoms with Gasteiger partial charge in [-0.15, -0.1) is 11.8 Å². The molecule has 1 saturated heterocycles. The number of ether oxygens (including phenoxy) is 1. The van der Waals surface area contributed by atoms with Gasteiger partial charge in [-0.3, -0.25) is 9.59 Å². The Morgan fingerprint density at radius 3 is 2.64 bits per heavy atom. The molecule has 6 nitrogen and oxygen atoms in total. The minimum atomic E-state index is -0.652. The molecule has 2 aliphatic rings. The van der Waals surface area contributed by atoms with E-state index in [9.17, 15) is 14.4 Å². The number of amides is 2. The molecule has 1 N–H and O–H groups in total. The van der Waals surface area contributed by atoms with E-state index in [2.05, 4.69) is 5.32 Å². The van der Waals surface area contributed by atoms with Crippen LogP contribution in [-0.2, 0) is 19.1 Å². The van der Waals surface area contributed by atoms with Gasteiger partial charge in [0, 0.05) is 17.9 Å². The van der Waals surface area contributed by atoms with Gasteiger partial charge in [0.05, 0.1) is 5.88 Å². The lowest BCUT2D eigenvalue weighted by atomic mass is 9.95. The first-order chi connectivity index (χ1) is 13.6. The monoisotopic (exact) mass is 402 g/mol. The van der Waals surface area contributed by atoms with Crippen molar-refractivity contribution in [3.8, 4) is 0 Å². The summed E-state index contributed by atoms with van der Waals surface area (Å²) in [7, 11) is 0. The Morgan fingerprint density at radius 1 is 1.14 bits per heavy atom. The molecule has 2 amide bonds. The summed E-state index contributed by atoms with van der Waals surface area (Å²) in [6.07, 6.45) is 8.62. The lowest BCUT2D eigenvalue weighted by molar-refractivity contribution is -0.154. The Morgan fingerprint density at radius 2 is 1.89 bits per heavy atom. The number of thioether (sulfide) groups is 1. The van der Waals surface area contributed by atoms with E-state index < -0.39 is 12.0 Å². The molecule has 28 heavy (non-hydrogen) atoms. The molecule has 2 fully saturated rings. The van der Waals surface area contributed by atoms with Gasteiger partial charge in [-0.1, -0.05) is 49.6 Å². The zero-order chi connectivity index (χ0) is 19.8. The molecule has 1 unspecified atom stereocenters. The van der Waals surface area contributed by atoms with Crippen LogP contribution in [0.15, 0.2) is 36.4 Å². The molecule has 3 rings (SSSR count). The molecular weight excluding hydrogens is 376 g/mol. The topological polar surface area (TPSA) is 75.7 Å². The second-order valence-electron chi connectivity index (χ2n) is 7.08. The van der Waals surface area contributed by atoms with Crippen LogP contribution in [0.1, 0.15) is 37.7 Å². The van der Waals surface area contributed by atoms with Gasteiger partial charge in [-0.25, -0.2) is 4.79 Å². The average molecular weight is 403 g/mol. The molecular formula is C21H26N2O4S. The summed E-state index contributed by atoms with van der Waals surface area (Å²) in [5.41, 5.74) is 0.918. The van der Waals surface area contributed by atoms with Crippen LogP contribution in [-0.4, -0.2) is 53.0 Å². The maximum atomic E-state index is 12.5. The maximum absolute atomic E-state index is 12.5. The van der Waals surface area contributed by atoms with Crippen molar-refractivity contribution in [2.75, 3.05) is 18.2 Å². The van der Waals surface area contributed by atoms with Gasteiger partial charge < -0.3 is 15.0 Å². The first-order valence-electron chi connectivity index (χ1n) is 9.71. The fourth-order valence-corrected chi connectivity index (χ4v) is 4.58. The Labute approximate surface area is 169 Å². The van der Waals surface area contributed by atoms with E-state index in [0.29, 0.717) is 11.6 Å². The Hall–Kier alpha value is -2.28. The lowest BCUT2D eigenvalue weighted by Gasteiger charge is -2.23. The summed E-state index contributed by atoms with van der Waals surface area (Å²) in [4.78, 5) is 38.4. The number of carbonyl (C=O) groups excluding carboxylic acids is 3. The van der Waals surface area contributed by atoms with Gasteiger partial charge in [-0.2, -0.15) is 0 Å². The van der Waals surface area contributed by atoms with Crippen molar-refractivity contribution in [2.24, 2.45) is 0 Å². The highest BCUT2D eigenvalue weighted by molar-refractivity contribution is 7.99. The summed E-state index contributed by atoms with van der Waals surface area (Å²) >= 11 is 1.50. The maximum Gasteiger partial charge on any atom is 0.330 e. The van der Waals surface area contributed by atoms with E-state index in [4.69, 9.17) is 4.74 Å². The molecule has 0 aromatic heterocycles. The molecule has 1 aromatic carbocycles. The molecule has 1 saturated carbocycles. The highest BCUT2D eigenvalue weighted by atomic mass is 32.2. The quantitative estimate of drug-likeness (QED) is 0.585. The van der Waals surface area contributed by atoms with Crippen LogP contribution in [0.4, 0.5) is 0 Å². The smallest absolute Gasteiger partial charge is 0.330 e. The normalized spacial score (nSPS) is 20.3. The molecule has 1 heterocycles. The van der Waals surface area contributed by atoms with Crippen LogP contribution in [0.25, 0.3) is 6.08 Å². The second kappa shape index (κ2) is 10.3. The Kier molecular flexibility index (Phi) is 7.54. The van der Waals surface area contributed by atoms with Crippen molar-refractivity contribution >= 4 is 35.6 Å². The number of esters is 1.